The van der Waals surface area contributed by atoms with Crippen LogP contribution in [0.5, 0.6) is 0 Å². The minimum Gasteiger partial charge on any atom is -0.358 e. The van der Waals surface area contributed by atoms with Gasteiger partial charge in [0.2, 0.25) is 0 Å². The van der Waals surface area contributed by atoms with Gasteiger partial charge in [0.05, 0.1) is 7.05 Å². The SMILES string of the molecule is Cn1c(C(=O)N2CC(N)Cc3ccccc32)ccc1[N+](=O)[O-]. The molecule has 0 saturated carbocycles. The zero-order valence-electron chi connectivity index (χ0n) is 12.1. The molecular formula is C15H16N4O3. The van der Waals surface area contributed by atoms with Crippen LogP contribution in [0, 0.1) is 10.1 Å². The quantitative estimate of drug-likeness (QED) is 0.671. The molecule has 1 amide bonds. The fourth-order valence-electron chi connectivity index (χ4n) is 2.86. The van der Waals surface area contributed by atoms with Crippen LogP contribution < -0.4 is 10.6 Å². The van der Waals surface area contributed by atoms with Gasteiger partial charge in [-0.05, 0) is 29.0 Å². The van der Waals surface area contributed by atoms with Gasteiger partial charge in [0.1, 0.15) is 0 Å². The van der Waals surface area contributed by atoms with Crippen LogP contribution in [0.15, 0.2) is 36.4 Å². The lowest BCUT2D eigenvalue weighted by molar-refractivity contribution is -0.391. The number of rotatable bonds is 2. The van der Waals surface area contributed by atoms with E-state index in [1.54, 1.807) is 4.90 Å². The Morgan fingerprint density at radius 2 is 2.05 bits per heavy atom. The highest BCUT2D eigenvalue weighted by molar-refractivity contribution is 6.06. The number of carbonyl (C=O) groups is 1. The van der Waals surface area contributed by atoms with Crippen molar-refractivity contribution in [3.63, 3.8) is 0 Å². The van der Waals surface area contributed by atoms with Gasteiger partial charge in [0.25, 0.3) is 5.91 Å². The van der Waals surface area contributed by atoms with E-state index < -0.39 is 4.92 Å². The number of hydrogen-bond acceptors (Lipinski definition) is 4. The van der Waals surface area contributed by atoms with Crippen molar-refractivity contribution < 1.29 is 9.72 Å². The number of amides is 1. The zero-order chi connectivity index (χ0) is 15.9. The molecule has 114 valence electrons. The molecule has 0 aliphatic carbocycles. The Morgan fingerprint density at radius 1 is 1.32 bits per heavy atom. The van der Waals surface area contributed by atoms with E-state index in [1.165, 1.54) is 23.7 Å². The molecule has 2 heterocycles. The maximum atomic E-state index is 12.8. The number of nitro groups is 1. The van der Waals surface area contributed by atoms with Crippen molar-refractivity contribution in [2.45, 2.75) is 12.5 Å². The van der Waals surface area contributed by atoms with E-state index in [2.05, 4.69) is 0 Å². The fourth-order valence-corrected chi connectivity index (χ4v) is 2.86. The first-order valence-electron chi connectivity index (χ1n) is 6.94. The summed E-state index contributed by atoms with van der Waals surface area (Å²) < 4.78 is 1.30. The van der Waals surface area contributed by atoms with Crippen LogP contribution >= 0.6 is 0 Å². The smallest absolute Gasteiger partial charge is 0.323 e. The minimum atomic E-state index is -0.507. The van der Waals surface area contributed by atoms with E-state index in [0.717, 1.165) is 11.3 Å². The number of aromatic nitrogens is 1. The van der Waals surface area contributed by atoms with Crippen LogP contribution in [-0.4, -0.2) is 28.0 Å². The molecule has 22 heavy (non-hydrogen) atoms. The lowest BCUT2D eigenvalue weighted by Crippen LogP contribution is -2.46. The second-order valence-corrected chi connectivity index (χ2v) is 5.40. The maximum absolute atomic E-state index is 12.8. The van der Waals surface area contributed by atoms with Gasteiger partial charge in [0.15, 0.2) is 5.69 Å². The molecule has 0 radical (unpaired) electrons. The van der Waals surface area contributed by atoms with Gasteiger partial charge in [-0.2, -0.15) is 0 Å². The molecule has 7 heteroatoms. The summed E-state index contributed by atoms with van der Waals surface area (Å²) in [5.41, 5.74) is 8.14. The number of anilines is 1. The fraction of sp³-hybridized carbons (Fsp3) is 0.267. The molecule has 0 spiro atoms. The molecule has 1 aromatic carbocycles. The van der Waals surface area contributed by atoms with Gasteiger partial charge in [-0.3, -0.25) is 4.79 Å². The van der Waals surface area contributed by atoms with Crippen molar-refractivity contribution in [2.24, 2.45) is 12.8 Å². The van der Waals surface area contributed by atoms with E-state index in [-0.39, 0.29) is 23.5 Å². The van der Waals surface area contributed by atoms with Gasteiger partial charge in [-0.1, -0.05) is 18.2 Å². The van der Waals surface area contributed by atoms with Crippen molar-refractivity contribution in [3.05, 3.63) is 57.8 Å². The number of hydrogen-bond donors (Lipinski definition) is 1. The number of nitrogens with two attached hydrogens (primary N) is 1. The summed E-state index contributed by atoms with van der Waals surface area (Å²) in [4.78, 5) is 24.8. The molecule has 1 unspecified atom stereocenters. The number of nitrogens with zero attached hydrogens (tertiary/aromatic N) is 3. The van der Waals surface area contributed by atoms with Crippen molar-refractivity contribution in [2.75, 3.05) is 11.4 Å². The second-order valence-electron chi connectivity index (χ2n) is 5.40. The van der Waals surface area contributed by atoms with Gasteiger partial charge < -0.3 is 20.7 Å². The molecule has 1 atom stereocenters. The van der Waals surface area contributed by atoms with Crippen LogP contribution in [0.2, 0.25) is 0 Å². The number of benzene rings is 1. The second kappa shape index (κ2) is 5.27. The highest BCUT2D eigenvalue weighted by Gasteiger charge is 2.31. The summed E-state index contributed by atoms with van der Waals surface area (Å²) in [6.45, 7) is 0.398. The summed E-state index contributed by atoms with van der Waals surface area (Å²) in [6.07, 6.45) is 0.716. The van der Waals surface area contributed by atoms with Crippen molar-refractivity contribution in [1.82, 2.24) is 4.57 Å². The number of para-hydroxylation sites is 1. The van der Waals surface area contributed by atoms with Gasteiger partial charge in [-0.15, -0.1) is 0 Å². The number of fused-ring (bicyclic) bond motifs is 1. The average Bonchev–Trinajstić information content (AvgIpc) is 2.87. The lowest BCUT2D eigenvalue weighted by Gasteiger charge is -2.32. The van der Waals surface area contributed by atoms with Crippen molar-refractivity contribution in [3.8, 4) is 0 Å². The molecule has 3 rings (SSSR count). The summed E-state index contributed by atoms with van der Waals surface area (Å²) in [5, 5.41) is 10.9. The monoisotopic (exact) mass is 300 g/mol. The van der Waals surface area contributed by atoms with E-state index in [1.807, 2.05) is 24.3 Å². The average molecular weight is 300 g/mol. The summed E-state index contributed by atoms with van der Waals surface area (Å²) in [6, 6.07) is 10.3. The van der Waals surface area contributed by atoms with Crippen LogP contribution in [0.1, 0.15) is 16.1 Å². The van der Waals surface area contributed by atoms with Crippen LogP contribution in [0.25, 0.3) is 0 Å². The van der Waals surface area contributed by atoms with E-state index in [9.17, 15) is 14.9 Å². The first kappa shape index (κ1) is 14.3. The Hall–Kier alpha value is -2.67. The third kappa shape index (κ3) is 2.25. The molecule has 0 fully saturated rings. The summed E-state index contributed by atoms with van der Waals surface area (Å²) in [5.74, 6) is -0.392. The van der Waals surface area contributed by atoms with E-state index in [4.69, 9.17) is 5.73 Å². The largest absolute Gasteiger partial charge is 0.358 e. The first-order valence-corrected chi connectivity index (χ1v) is 6.94. The Labute approximate surface area is 127 Å². The predicted molar refractivity (Wildman–Crippen MR) is 81.9 cm³/mol. The minimum absolute atomic E-state index is 0.113. The molecule has 1 aliphatic rings. The summed E-state index contributed by atoms with van der Waals surface area (Å²) in [7, 11) is 1.52. The van der Waals surface area contributed by atoms with Crippen LogP contribution in [0.3, 0.4) is 0 Å². The highest BCUT2D eigenvalue weighted by Crippen LogP contribution is 2.28. The molecule has 0 bridgehead atoms. The third-order valence-electron chi connectivity index (χ3n) is 3.93. The maximum Gasteiger partial charge on any atom is 0.323 e. The molecule has 0 saturated heterocycles. The standard InChI is InChI=1S/C15H16N4O3/c1-17-13(6-7-14(17)19(21)22)15(20)18-9-11(16)8-10-4-2-3-5-12(10)18/h2-7,11H,8-9,16H2,1H3. The van der Waals surface area contributed by atoms with E-state index >= 15 is 0 Å². The topological polar surface area (TPSA) is 94.4 Å². The Bertz CT molecular complexity index is 753. The van der Waals surface area contributed by atoms with Crippen molar-refractivity contribution >= 4 is 17.4 Å². The lowest BCUT2D eigenvalue weighted by atomic mass is 9.98. The van der Waals surface area contributed by atoms with Crippen molar-refractivity contribution in [1.29, 1.82) is 0 Å². The van der Waals surface area contributed by atoms with Gasteiger partial charge in [0, 0.05) is 24.3 Å². The zero-order valence-corrected chi connectivity index (χ0v) is 12.1. The molecule has 1 aromatic heterocycles. The van der Waals surface area contributed by atoms with E-state index in [0.29, 0.717) is 13.0 Å². The highest BCUT2D eigenvalue weighted by atomic mass is 16.6. The molecule has 2 N–H and O–H groups in total. The van der Waals surface area contributed by atoms with Crippen LogP contribution in [-0.2, 0) is 13.5 Å². The van der Waals surface area contributed by atoms with Gasteiger partial charge in [-0.25, -0.2) is 4.57 Å². The Kier molecular flexibility index (Phi) is 3.42. The first-order chi connectivity index (χ1) is 10.5. The predicted octanol–water partition coefficient (Wildman–Crippen LogP) is 1.46. The van der Waals surface area contributed by atoms with Gasteiger partial charge >= 0.3 is 5.82 Å². The molecular weight excluding hydrogens is 284 g/mol. The molecule has 1 aliphatic heterocycles. The normalized spacial score (nSPS) is 17.2. The Balaban J connectivity index is 2.01. The third-order valence-corrected chi connectivity index (χ3v) is 3.93. The summed E-state index contributed by atoms with van der Waals surface area (Å²) >= 11 is 0. The molecule has 2 aromatic rings. The Morgan fingerprint density at radius 3 is 2.73 bits per heavy atom. The van der Waals surface area contributed by atoms with Crippen LogP contribution in [0.4, 0.5) is 11.5 Å². The molecule has 7 nitrogen and oxygen atoms in total. The number of carbonyl (C=O) groups excluding carboxylic acids is 1.